The number of likely N-dealkylation sites (tertiary alicyclic amines) is 1. The molecular weight excluding hydrogens is 272 g/mol. The van der Waals surface area contributed by atoms with Crippen LogP contribution in [0.3, 0.4) is 0 Å². The fourth-order valence-corrected chi connectivity index (χ4v) is 2.26. The van der Waals surface area contributed by atoms with Crippen molar-refractivity contribution >= 4 is 11.9 Å². The second-order valence-corrected chi connectivity index (χ2v) is 5.33. The van der Waals surface area contributed by atoms with Gasteiger partial charge in [0.05, 0.1) is 11.0 Å². The number of ether oxygens (including phenoxy) is 1. The van der Waals surface area contributed by atoms with Crippen molar-refractivity contribution in [2.75, 3.05) is 19.7 Å². The van der Waals surface area contributed by atoms with Gasteiger partial charge in [-0.1, -0.05) is 12.1 Å². The molecule has 1 fully saturated rings. The highest BCUT2D eigenvalue weighted by atomic mass is 16.5. The molecule has 0 aliphatic carbocycles. The fraction of sp³-hybridized carbons (Fsp3) is 0.400. The zero-order valence-electron chi connectivity index (χ0n) is 11.7. The minimum Gasteiger partial charge on any atom is -0.482 e. The summed E-state index contributed by atoms with van der Waals surface area (Å²) in [6, 6.07) is 8.65. The van der Waals surface area contributed by atoms with E-state index in [2.05, 4.69) is 0 Å². The highest BCUT2D eigenvalue weighted by Gasteiger charge is 2.42. The molecule has 0 saturated carbocycles. The standard InChI is InChI=1S/C15H16N2O4/c1-15(14(19)20)6-7-17(10-15)13(18)9-21-12-5-3-2-4-11(12)8-16/h2-5H,6-7,9-10H2,1H3,(H,19,20). The first-order valence-corrected chi connectivity index (χ1v) is 6.59. The number of aliphatic carboxylic acids is 1. The summed E-state index contributed by atoms with van der Waals surface area (Å²) in [5.41, 5.74) is -0.526. The molecule has 1 saturated heterocycles. The van der Waals surface area contributed by atoms with Gasteiger partial charge in [0.1, 0.15) is 11.8 Å². The van der Waals surface area contributed by atoms with Crippen LogP contribution in [0, 0.1) is 16.7 Å². The highest BCUT2D eigenvalue weighted by molar-refractivity contribution is 5.81. The maximum absolute atomic E-state index is 12.1. The number of carbonyl (C=O) groups excluding carboxylic acids is 1. The Bertz CT molecular complexity index is 608. The van der Waals surface area contributed by atoms with Gasteiger partial charge in [0.2, 0.25) is 0 Å². The number of carbonyl (C=O) groups is 2. The van der Waals surface area contributed by atoms with Crippen LogP contribution >= 0.6 is 0 Å². The molecule has 1 aromatic rings. The van der Waals surface area contributed by atoms with Crippen molar-refractivity contribution in [3.05, 3.63) is 29.8 Å². The van der Waals surface area contributed by atoms with Gasteiger partial charge in [-0.15, -0.1) is 0 Å². The molecule has 21 heavy (non-hydrogen) atoms. The lowest BCUT2D eigenvalue weighted by Gasteiger charge is -2.20. The molecule has 1 N–H and O–H groups in total. The number of rotatable bonds is 4. The van der Waals surface area contributed by atoms with Gasteiger partial charge >= 0.3 is 5.97 Å². The predicted molar refractivity (Wildman–Crippen MR) is 73.6 cm³/mol. The van der Waals surface area contributed by atoms with Crippen LogP contribution in [0.4, 0.5) is 0 Å². The first-order chi connectivity index (χ1) is 9.96. The Morgan fingerprint density at radius 1 is 1.48 bits per heavy atom. The van der Waals surface area contributed by atoms with Crippen molar-refractivity contribution < 1.29 is 19.4 Å². The van der Waals surface area contributed by atoms with Crippen molar-refractivity contribution in [1.82, 2.24) is 4.90 Å². The van der Waals surface area contributed by atoms with Crippen molar-refractivity contribution in [1.29, 1.82) is 5.26 Å². The van der Waals surface area contributed by atoms with E-state index in [0.717, 1.165) is 0 Å². The molecule has 1 amide bonds. The van der Waals surface area contributed by atoms with E-state index in [4.69, 9.17) is 15.1 Å². The average molecular weight is 288 g/mol. The molecule has 6 nitrogen and oxygen atoms in total. The topological polar surface area (TPSA) is 90.6 Å². The summed E-state index contributed by atoms with van der Waals surface area (Å²) in [5, 5.41) is 18.1. The third-order valence-corrected chi connectivity index (χ3v) is 3.70. The Kier molecular flexibility index (Phi) is 4.13. The summed E-state index contributed by atoms with van der Waals surface area (Å²) in [5.74, 6) is -0.810. The van der Waals surface area contributed by atoms with Crippen LogP contribution in [0.5, 0.6) is 5.75 Å². The van der Waals surface area contributed by atoms with E-state index in [1.807, 2.05) is 6.07 Å². The third kappa shape index (κ3) is 3.14. The van der Waals surface area contributed by atoms with E-state index in [9.17, 15) is 9.59 Å². The summed E-state index contributed by atoms with van der Waals surface area (Å²) in [4.78, 5) is 24.7. The maximum atomic E-state index is 12.1. The van der Waals surface area contributed by atoms with Crippen molar-refractivity contribution in [3.8, 4) is 11.8 Å². The molecule has 1 unspecified atom stereocenters. The largest absolute Gasteiger partial charge is 0.482 e. The molecule has 1 aliphatic rings. The molecule has 0 radical (unpaired) electrons. The lowest BCUT2D eigenvalue weighted by atomic mass is 9.90. The molecule has 1 atom stereocenters. The number of hydrogen-bond donors (Lipinski definition) is 1. The van der Waals surface area contributed by atoms with Crippen LogP contribution in [0.25, 0.3) is 0 Å². The van der Waals surface area contributed by atoms with Gasteiger partial charge in [-0.05, 0) is 25.5 Å². The second kappa shape index (κ2) is 5.83. The Morgan fingerprint density at radius 3 is 2.81 bits per heavy atom. The van der Waals surface area contributed by atoms with E-state index in [-0.39, 0.29) is 19.1 Å². The van der Waals surface area contributed by atoms with Gasteiger partial charge in [0.25, 0.3) is 5.91 Å². The molecule has 6 heteroatoms. The van der Waals surface area contributed by atoms with Gasteiger partial charge in [0, 0.05) is 13.1 Å². The number of hydrogen-bond acceptors (Lipinski definition) is 4. The maximum Gasteiger partial charge on any atom is 0.311 e. The van der Waals surface area contributed by atoms with Crippen molar-refractivity contribution in [2.24, 2.45) is 5.41 Å². The molecular formula is C15H16N2O4. The quantitative estimate of drug-likeness (QED) is 0.900. The SMILES string of the molecule is CC1(C(=O)O)CCN(C(=O)COc2ccccc2C#N)C1. The van der Waals surface area contributed by atoms with Crippen LogP contribution in [-0.2, 0) is 9.59 Å². The van der Waals surface area contributed by atoms with E-state index in [1.165, 1.54) is 4.90 Å². The van der Waals surface area contributed by atoms with Crippen molar-refractivity contribution in [2.45, 2.75) is 13.3 Å². The van der Waals surface area contributed by atoms with Crippen LogP contribution < -0.4 is 4.74 Å². The summed E-state index contributed by atoms with van der Waals surface area (Å²) in [7, 11) is 0. The summed E-state index contributed by atoms with van der Waals surface area (Å²) in [6.07, 6.45) is 0.433. The summed E-state index contributed by atoms with van der Waals surface area (Å²) in [6.45, 7) is 2.03. The Morgan fingerprint density at radius 2 is 2.19 bits per heavy atom. The van der Waals surface area contributed by atoms with Crippen LogP contribution in [0.15, 0.2) is 24.3 Å². The monoisotopic (exact) mass is 288 g/mol. The Balaban J connectivity index is 1.95. The molecule has 1 aromatic carbocycles. The van der Waals surface area contributed by atoms with Gasteiger partial charge in [-0.25, -0.2) is 0 Å². The summed E-state index contributed by atoms with van der Waals surface area (Å²) >= 11 is 0. The normalized spacial score (nSPS) is 20.9. The van der Waals surface area contributed by atoms with E-state index in [0.29, 0.717) is 24.3 Å². The lowest BCUT2D eigenvalue weighted by molar-refractivity contribution is -0.147. The smallest absolute Gasteiger partial charge is 0.311 e. The minimum atomic E-state index is -0.895. The fourth-order valence-electron chi connectivity index (χ4n) is 2.26. The predicted octanol–water partition coefficient (Wildman–Crippen LogP) is 1.26. The molecule has 2 rings (SSSR count). The van der Waals surface area contributed by atoms with E-state index in [1.54, 1.807) is 31.2 Å². The molecule has 1 aliphatic heterocycles. The number of carboxylic acids is 1. The molecule has 0 spiro atoms. The number of para-hydroxylation sites is 1. The number of amides is 1. The van der Waals surface area contributed by atoms with Gasteiger partial charge in [0.15, 0.2) is 6.61 Å². The van der Waals surface area contributed by atoms with Gasteiger partial charge in [-0.2, -0.15) is 5.26 Å². The van der Waals surface area contributed by atoms with Gasteiger partial charge < -0.3 is 14.7 Å². The van der Waals surface area contributed by atoms with E-state index >= 15 is 0 Å². The zero-order chi connectivity index (χ0) is 15.5. The first kappa shape index (κ1) is 14.9. The highest BCUT2D eigenvalue weighted by Crippen LogP contribution is 2.30. The molecule has 110 valence electrons. The molecule has 0 aromatic heterocycles. The third-order valence-electron chi connectivity index (χ3n) is 3.70. The number of nitrogens with zero attached hydrogens (tertiary/aromatic N) is 2. The van der Waals surface area contributed by atoms with Gasteiger partial charge in [-0.3, -0.25) is 9.59 Å². The Labute approximate surface area is 122 Å². The van der Waals surface area contributed by atoms with Crippen LogP contribution in [0.1, 0.15) is 18.9 Å². The van der Waals surface area contributed by atoms with Crippen LogP contribution in [0.2, 0.25) is 0 Å². The van der Waals surface area contributed by atoms with E-state index < -0.39 is 11.4 Å². The Hall–Kier alpha value is -2.55. The van der Waals surface area contributed by atoms with Crippen LogP contribution in [-0.4, -0.2) is 41.6 Å². The van der Waals surface area contributed by atoms with Crippen molar-refractivity contribution in [3.63, 3.8) is 0 Å². The summed E-state index contributed by atoms with van der Waals surface area (Å²) < 4.78 is 5.37. The number of benzene rings is 1. The zero-order valence-corrected chi connectivity index (χ0v) is 11.7. The minimum absolute atomic E-state index is 0.185. The average Bonchev–Trinajstić information content (AvgIpc) is 2.89. The molecule has 1 heterocycles. The molecule has 0 bridgehead atoms. The first-order valence-electron chi connectivity index (χ1n) is 6.59. The number of nitriles is 1. The second-order valence-electron chi connectivity index (χ2n) is 5.33. The lowest BCUT2D eigenvalue weighted by Crippen LogP contribution is -2.37. The number of carboxylic acid groups (broad SMARTS) is 1.